The zero-order valence-corrected chi connectivity index (χ0v) is 13.3. The predicted octanol–water partition coefficient (Wildman–Crippen LogP) is 3.89. The van der Waals surface area contributed by atoms with Gasteiger partial charge in [-0.2, -0.15) is 0 Å². The van der Waals surface area contributed by atoms with Crippen molar-refractivity contribution in [2.24, 2.45) is 0 Å². The molecule has 0 saturated heterocycles. The van der Waals surface area contributed by atoms with Crippen molar-refractivity contribution >= 4 is 13.9 Å². The third-order valence-corrected chi connectivity index (χ3v) is 4.38. The van der Waals surface area contributed by atoms with Crippen LogP contribution >= 0.6 is 0 Å². The van der Waals surface area contributed by atoms with Gasteiger partial charge >= 0.3 is 0 Å². The highest BCUT2D eigenvalue weighted by Gasteiger charge is 2.22. The van der Waals surface area contributed by atoms with E-state index in [2.05, 4.69) is 19.6 Å². The number of ketones is 1. The molecular weight excluding hydrogens is 256 g/mol. The molecular formula is C15H24O3Si. The zero-order chi connectivity index (χ0) is 14.6. The minimum Gasteiger partial charge on any atom is -0.508 e. The monoisotopic (exact) mass is 280 g/mol. The molecule has 0 aromatic heterocycles. The highest BCUT2D eigenvalue weighted by atomic mass is 28.3. The molecule has 0 unspecified atom stereocenters. The molecule has 0 aliphatic rings. The normalized spacial score (nSPS) is 11.6. The first-order chi connectivity index (χ1) is 8.74. The molecule has 0 bridgehead atoms. The minimum atomic E-state index is -1.43. The Bertz CT molecular complexity index is 461. The maximum absolute atomic E-state index is 12.2. The van der Waals surface area contributed by atoms with Gasteiger partial charge in [0.15, 0.2) is 5.78 Å². The summed E-state index contributed by atoms with van der Waals surface area (Å²) in [7, 11) is -1.43. The maximum atomic E-state index is 12.2. The minimum absolute atomic E-state index is 0.0207. The summed E-state index contributed by atoms with van der Waals surface area (Å²) in [5.41, 5.74) is 1.20. The predicted molar refractivity (Wildman–Crippen MR) is 80.7 cm³/mol. The van der Waals surface area contributed by atoms with Crippen molar-refractivity contribution in [2.75, 3.05) is 0 Å². The smallest absolute Gasteiger partial charge is 0.166 e. The zero-order valence-electron chi connectivity index (χ0n) is 12.3. The Balaban J connectivity index is 3.16. The molecule has 1 aromatic rings. The van der Waals surface area contributed by atoms with Gasteiger partial charge in [0, 0.05) is 20.6 Å². The van der Waals surface area contributed by atoms with Crippen LogP contribution in [0, 0.1) is 0 Å². The van der Waals surface area contributed by atoms with Crippen LogP contribution in [0.3, 0.4) is 0 Å². The fourth-order valence-electron chi connectivity index (χ4n) is 2.16. The Morgan fingerprint density at radius 3 is 2.37 bits per heavy atom. The number of rotatable bonds is 6. The van der Waals surface area contributed by atoms with Crippen LogP contribution in [-0.4, -0.2) is 24.1 Å². The molecule has 1 aromatic carbocycles. The van der Waals surface area contributed by atoms with E-state index in [1.807, 2.05) is 6.92 Å². The molecule has 0 fully saturated rings. The fraction of sp³-hybridized carbons (Fsp3) is 0.533. The van der Waals surface area contributed by atoms with Crippen molar-refractivity contribution in [2.45, 2.75) is 51.9 Å². The molecule has 0 spiro atoms. The number of phenols is 2. The molecule has 1 rings (SSSR count). The van der Waals surface area contributed by atoms with E-state index < -0.39 is 8.07 Å². The van der Waals surface area contributed by atoms with Crippen molar-refractivity contribution < 1.29 is 15.0 Å². The van der Waals surface area contributed by atoms with Crippen molar-refractivity contribution in [3.8, 4) is 11.5 Å². The number of unbranched alkanes of at least 4 members (excludes halogenated alkanes) is 1. The van der Waals surface area contributed by atoms with Crippen LogP contribution in [0.15, 0.2) is 12.1 Å². The molecule has 3 nitrogen and oxygen atoms in total. The van der Waals surface area contributed by atoms with Gasteiger partial charge in [0.25, 0.3) is 0 Å². The van der Waals surface area contributed by atoms with E-state index in [-0.39, 0.29) is 17.3 Å². The molecule has 4 heteroatoms. The van der Waals surface area contributed by atoms with Crippen LogP contribution in [0.25, 0.3) is 0 Å². The van der Waals surface area contributed by atoms with Gasteiger partial charge in [0.2, 0.25) is 0 Å². The summed E-state index contributed by atoms with van der Waals surface area (Å²) >= 11 is 0. The van der Waals surface area contributed by atoms with Crippen LogP contribution in [0.1, 0.15) is 42.1 Å². The van der Waals surface area contributed by atoms with Crippen LogP contribution < -0.4 is 0 Å². The summed E-state index contributed by atoms with van der Waals surface area (Å²) in [4.78, 5) is 12.2. The first kappa shape index (κ1) is 15.8. The molecule has 0 radical (unpaired) electrons. The summed E-state index contributed by atoms with van der Waals surface area (Å²) in [6.07, 6.45) is 2.23. The third-order valence-electron chi connectivity index (χ3n) is 2.94. The lowest BCUT2D eigenvalue weighted by Crippen LogP contribution is -2.25. The third kappa shape index (κ3) is 4.71. The van der Waals surface area contributed by atoms with Crippen LogP contribution in [0.4, 0.5) is 0 Å². The molecule has 106 valence electrons. The van der Waals surface area contributed by atoms with E-state index in [4.69, 9.17) is 0 Å². The molecule has 0 aliphatic heterocycles. The Morgan fingerprint density at radius 1 is 1.21 bits per heavy atom. The lowest BCUT2D eigenvalue weighted by Gasteiger charge is -2.19. The number of hydrogen-bond acceptors (Lipinski definition) is 3. The second-order valence-electron chi connectivity index (χ2n) is 6.26. The summed E-state index contributed by atoms with van der Waals surface area (Å²) in [6, 6.07) is 3.66. The molecule has 2 N–H and O–H groups in total. The molecule has 0 aliphatic carbocycles. The average Bonchev–Trinajstić information content (AvgIpc) is 2.22. The number of benzene rings is 1. The standard InChI is InChI=1S/C15H24O3Si/c1-5-6-7-13(17)15-11(10-19(2,3)4)8-12(16)9-14(15)18/h8-9,16,18H,5-7,10H2,1-4H3. The maximum Gasteiger partial charge on any atom is 0.166 e. The SMILES string of the molecule is CCCCC(=O)c1c(O)cc(O)cc1C[Si](C)(C)C. The quantitative estimate of drug-likeness (QED) is 0.614. The first-order valence-electron chi connectivity index (χ1n) is 6.82. The Morgan fingerprint density at radius 2 is 1.84 bits per heavy atom. The van der Waals surface area contributed by atoms with E-state index in [0.717, 1.165) is 24.4 Å². The molecule has 0 amide bonds. The van der Waals surface area contributed by atoms with E-state index in [1.165, 1.54) is 6.07 Å². The van der Waals surface area contributed by atoms with Gasteiger partial charge < -0.3 is 10.2 Å². The number of hydrogen-bond donors (Lipinski definition) is 2. The van der Waals surface area contributed by atoms with Crippen LogP contribution in [0.2, 0.25) is 19.6 Å². The van der Waals surface area contributed by atoms with Gasteiger partial charge in [-0.15, -0.1) is 0 Å². The Hall–Kier alpha value is -1.29. The summed E-state index contributed by atoms with van der Waals surface area (Å²) in [5, 5.41) is 19.6. The highest BCUT2D eigenvalue weighted by molar-refractivity contribution is 6.75. The van der Waals surface area contributed by atoms with Crippen molar-refractivity contribution in [1.29, 1.82) is 0 Å². The first-order valence-corrected chi connectivity index (χ1v) is 10.5. The lowest BCUT2D eigenvalue weighted by molar-refractivity contribution is 0.0976. The van der Waals surface area contributed by atoms with E-state index in [1.54, 1.807) is 6.07 Å². The molecule has 0 heterocycles. The largest absolute Gasteiger partial charge is 0.508 e. The van der Waals surface area contributed by atoms with E-state index >= 15 is 0 Å². The molecule has 19 heavy (non-hydrogen) atoms. The van der Waals surface area contributed by atoms with Gasteiger partial charge in [0.05, 0.1) is 5.56 Å². The van der Waals surface area contributed by atoms with Crippen molar-refractivity contribution in [3.05, 3.63) is 23.3 Å². The summed E-state index contributed by atoms with van der Waals surface area (Å²) < 4.78 is 0. The second-order valence-corrected chi connectivity index (χ2v) is 11.7. The number of carbonyl (C=O) groups excluding carboxylic acids is 1. The lowest BCUT2D eigenvalue weighted by atomic mass is 9.99. The number of Topliss-reactive ketones (excluding diaryl/α,β-unsaturated/α-hetero) is 1. The van der Waals surface area contributed by atoms with Crippen LogP contribution in [-0.2, 0) is 6.04 Å². The number of carbonyl (C=O) groups is 1. The highest BCUT2D eigenvalue weighted by Crippen LogP contribution is 2.30. The number of phenolic OH excluding ortho intramolecular Hbond substituents is 2. The molecule has 0 saturated carbocycles. The van der Waals surface area contributed by atoms with E-state index in [0.29, 0.717) is 12.0 Å². The van der Waals surface area contributed by atoms with Gasteiger partial charge in [0.1, 0.15) is 11.5 Å². The Labute approximate surface area is 116 Å². The van der Waals surface area contributed by atoms with Gasteiger partial charge in [-0.3, -0.25) is 4.79 Å². The summed E-state index contributed by atoms with van der Waals surface area (Å²) in [5.74, 6) is -0.0836. The Kier molecular flexibility index (Phi) is 5.17. The average molecular weight is 280 g/mol. The second kappa shape index (κ2) is 6.24. The number of aromatic hydroxyl groups is 2. The van der Waals surface area contributed by atoms with Gasteiger partial charge in [-0.25, -0.2) is 0 Å². The van der Waals surface area contributed by atoms with Gasteiger partial charge in [-0.1, -0.05) is 33.0 Å². The van der Waals surface area contributed by atoms with E-state index in [9.17, 15) is 15.0 Å². The van der Waals surface area contributed by atoms with Gasteiger partial charge in [-0.05, 0) is 24.1 Å². The van der Waals surface area contributed by atoms with Crippen LogP contribution in [0.5, 0.6) is 11.5 Å². The molecule has 0 atom stereocenters. The summed E-state index contributed by atoms with van der Waals surface area (Å²) in [6.45, 7) is 8.64. The fourth-order valence-corrected chi connectivity index (χ4v) is 3.59. The topological polar surface area (TPSA) is 57.5 Å². The van der Waals surface area contributed by atoms with Crippen molar-refractivity contribution in [3.63, 3.8) is 0 Å². The van der Waals surface area contributed by atoms with Crippen molar-refractivity contribution in [1.82, 2.24) is 0 Å².